The van der Waals surface area contributed by atoms with Gasteiger partial charge in [-0.3, -0.25) is 4.79 Å². The Bertz CT molecular complexity index is 1210. The highest BCUT2D eigenvalue weighted by molar-refractivity contribution is 7.80. The largest absolute Gasteiger partial charge is 0.494 e. The van der Waals surface area contributed by atoms with Crippen LogP contribution in [-0.2, 0) is 6.54 Å². The van der Waals surface area contributed by atoms with Crippen LogP contribution < -0.4 is 25.1 Å². The van der Waals surface area contributed by atoms with Gasteiger partial charge in [0.05, 0.1) is 18.7 Å². The van der Waals surface area contributed by atoms with Gasteiger partial charge >= 0.3 is 0 Å². The van der Waals surface area contributed by atoms with Gasteiger partial charge in [0.1, 0.15) is 5.75 Å². The van der Waals surface area contributed by atoms with Crippen molar-refractivity contribution in [3.8, 4) is 17.2 Å². The predicted molar refractivity (Wildman–Crippen MR) is 138 cm³/mol. The molecule has 1 aliphatic heterocycles. The topological polar surface area (TPSA) is 79.1 Å². The zero-order chi connectivity index (χ0) is 24.1. The number of benzene rings is 2. The van der Waals surface area contributed by atoms with Crippen LogP contribution in [-0.4, -0.2) is 60.5 Å². The Morgan fingerprint density at radius 2 is 1.85 bits per heavy atom. The van der Waals surface area contributed by atoms with E-state index in [4.69, 9.17) is 26.4 Å². The number of anilines is 1. The molecule has 34 heavy (non-hydrogen) atoms. The Morgan fingerprint density at radius 3 is 2.56 bits per heavy atom. The zero-order valence-corrected chi connectivity index (χ0v) is 20.5. The lowest BCUT2D eigenvalue weighted by Gasteiger charge is -2.26. The smallest absolute Gasteiger partial charge is 0.253 e. The van der Waals surface area contributed by atoms with Gasteiger partial charge in [0.25, 0.3) is 5.56 Å². The van der Waals surface area contributed by atoms with Gasteiger partial charge in [-0.15, -0.1) is 0 Å². The maximum absolute atomic E-state index is 12.9. The van der Waals surface area contributed by atoms with Gasteiger partial charge in [-0.25, -0.2) is 0 Å². The van der Waals surface area contributed by atoms with E-state index in [-0.39, 0.29) is 12.4 Å². The van der Waals surface area contributed by atoms with Gasteiger partial charge in [-0.2, -0.15) is 0 Å². The summed E-state index contributed by atoms with van der Waals surface area (Å²) in [5.41, 5.74) is 2.07. The summed E-state index contributed by atoms with van der Waals surface area (Å²) >= 11 is 5.74. The third-order valence-electron chi connectivity index (χ3n) is 5.51. The second-order valence-corrected chi connectivity index (χ2v) is 8.77. The number of H-pyrrole nitrogens is 1. The van der Waals surface area contributed by atoms with E-state index in [9.17, 15) is 4.79 Å². The predicted octanol–water partition coefficient (Wildman–Crippen LogP) is 3.81. The van der Waals surface area contributed by atoms with Crippen LogP contribution in [0.2, 0.25) is 0 Å². The first kappa shape index (κ1) is 23.8. The molecule has 1 aliphatic rings. The van der Waals surface area contributed by atoms with Gasteiger partial charge in [-0.05, 0) is 82.6 Å². The SMILES string of the molecule is CCOc1ccc(NC(=S)N(CCCN(C)C)Cc2cc3cc4c(cc3[nH]c2=O)OCO4)cc1. The highest BCUT2D eigenvalue weighted by Gasteiger charge is 2.17. The van der Waals surface area contributed by atoms with Crippen molar-refractivity contribution in [2.24, 2.45) is 0 Å². The number of aromatic amines is 1. The van der Waals surface area contributed by atoms with Crippen molar-refractivity contribution in [2.45, 2.75) is 19.9 Å². The number of pyridine rings is 1. The number of nitrogens with one attached hydrogen (secondary N) is 2. The van der Waals surface area contributed by atoms with Crippen molar-refractivity contribution < 1.29 is 14.2 Å². The van der Waals surface area contributed by atoms with Gasteiger partial charge in [0, 0.05) is 29.2 Å². The Labute approximate surface area is 204 Å². The summed E-state index contributed by atoms with van der Waals surface area (Å²) in [6.07, 6.45) is 0.905. The highest BCUT2D eigenvalue weighted by Crippen LogP contribution is 2.35. The maximum atomic E-state index is 12.9. The van der Waals surface area contributed by atoms with E-state index in [1.807, 2.05) is 62.3 Å². The molecular formula is C25H30N4O4S. The first-order valence-corrected chi connectivity index (χ1v) is 11.7. The molecule has 2 aromatic carbocycles. The Morgan fingerprint density at radius 1 is 1.12 bits per heavy atom. The van der Waals surface area contributed by atoms with E-state index in [2.05, 4.69) is 15.2 Å². The van der Waals surface area contributed by atoms with Crippen LogP contribution in [0.15, 0.2) is 47.3 Å². The quantitative estimate of drug-likeness (QED) is 0.446. The van der Waals surface area contributed by atoms with E-state index < -0.39 is 0 Å². The normalized spacial score (nSPS) is 12.2. The van der Waals surface area contributed by atoms with Crippen LogP contribution in [0.3, 0.4) is 0 Å². The molecule has 8 nitrogen and oxygen atoms in total. The lowest BCUT2D eigenvalue weighted by Crippen LogP contribution is -2.37. The van der Waals surface area contributed by atoms with Crippen molar-refractivity contribution in [1.82, 2.24) is 14.8 Å². The van der Waals surface area contributed by atoms with Crippen LogP contribution in [0.5, 0.6) is 17.2 Å². The van der Waals surface area contributed by atoms with E-state index in [1.165, 1.54) is 0 Å². The highest BCUT2D eigenvalue weighted by atomic mass is 32.1. The number of fused-ring (bicyclic) bond motifs is 2. The van der Waals surface area contributed by atoms with Gasteiger partial charge in [0.2, 0.25) is 6.79 Å². The average molecular weight is 483 g/mol. The fourth-order valence-electron chi connectivity index (χ4n) is 3.80. The van der Waals surface area contributed by atoms with E-state index in [0.717, 1.165) is 29.8 Å². The molecule has 0 atom stereocenters. The van der Waals surface area contributed by atoms with Crippen molar-refractivity contribution in [2.75, 3.05) is 45.9 Å². The molecule has 1 aromatic heterocycles. The number of thiocarbonyl (C=S) groups is 1. The third kappa shape index (κ3) is 5.78. The van der Waals surface area contributed by atoms with Crippen LogP contribution >= 0.6 is 12.2 Å². The summed E-state index contributed by atoms with van der Waals surface area (Å²) < 4.78 is 16.4. The van der Waals surface area contributed by atoms with Crippen molar-refractivity contribution in [1.29, 1.82) is 0 Å². The number of aromatic nitrogens is 1. The molecule has 0 amide bonds. The summed E-state index contributed by atoms with van der Waals surface area (Å²) in [6.45, 7) is 4.77. The van der Waals surface area contributed by atoms with E-state index in [0.29, 0.717) is 47.4 Å². The third-order valence-corrected chi connectivity index (χ3v) is 5.87. The number of hydrogen-bond acceptors (Lipinski definition) is 6. The summed E-state index contributed by atoms with van der Waals surface area (Å²) in [5, 5.41) is 4.75. The molecule has 180 valence electrons. The second-order valence-electron chi connectivity index (χ2n) is 8.38. The zero-order valence-electron chi connectivity index (χ0n) is 19.7. The maximum Gasteiger partial charge on any atom is 0.253 e. The lowest BCUT2D eigenvalue weighted by atomic mass is 10.1. The number of rotatable bonds is 9. The molecule has 0 radical (unpaired) electrons. The second kappa shape index (κ2) is 10.8. The molecule has 3 aromatic rings. The summed E-state index contributed by atoms with van der Waals surface area (Å²) in [5.74, 6) is 2.13. The molecule has 2 heterocycles. The summed E-state index contributed by atoms with van der Waals surface area (Å²) in [6, 6.07) is 13.3. The first-order chi connectivity index (χ1) is 16.4. The summed E-state index contributed by atoms with van der Waals surface area (Å²) in [7, 11) is 4.08. The van der Waals surface area contributed by atoms with E-state index >= 15 is 0 Å². The Hall–Kier alpha value is -3.30. The molecule has 0 fully saturated rings. The fourth-order valence-corrected chi connectivity index (χ4v) is 4.07. The number of hydrogen-bond donors (Lipinski definition) is 2. The molecule has 4 rings (SSSR count). The first-order valence-electron chi connectivity index (χ1n) is 11.3. The molecule has 0 saturated heterocycles. The van der Waals surface area contributed by atoms with Crippen molar-refractivity contribution in [3.63, 3.8) is 0 Å². The Kier molecular flexibility index (Phi) is 7.54. The summed E-state index contributed by atoms with van der Waals surface area (Å²) in [4.78, 5) is 20.0. The number of ether oxygens (including phenoxy) is 3. The van der Waals surface area contributed by atoms with Gasteiger partial charge in [-0.1, -0.05) is 0 Å². The molecule has 0 bridgehead atoms. The minimum absolute atomic E-state index is 0.146. The Balaban J connectivity index is 1.54. The lowest BCUT2D eigenvalue weighted by molar-refractivity contribution is 0.174. The fraction of sp³-hybridized carbons (Fsp3) is 0.360. The minimum Gasteiger partial charge on any atom is -0.494 e. The van der Waals surface area contributed by atoms with Crippen molar-refractivity contribution >= 4 is 33.9 Å². The molecule has 0 saturated carbocycles. The van der Waals surface area contributed by atoms with Crippen molar-refractivity contribution in [3.05, 3.63) is 58.4 Å². The molecule has 2 N–H and O–H groups in total. The molecule has 0 spiro atoms. The molecule has 0 unspecified atom stereocenters. The molecule has 0 aliphatic carbocycles. The van der Waals surface area contributed by atoms with Gasteiger partial charge in [0.15, 0.2) is 16.6 Å². The number of nitrogens with zero attached hydrogens (tertiary/aromatic N) is 2. The van der Waals surface area contributed by atoms with Crippen LogP contribution in [0, 0.1) is 0 Å². The van der Waals surface area contributed by atoms with Crippen LogP contribution in [0.25, 0.3) is 10.9 Å². The van der Waals surface area contributed by atoms with Crippen LogP contribution in [0.4, 0.5) is 5.69 Å². The van der Waals surface area contributed by atoms with E-state index in [1.54, 1.807) is 6.07 Å². The minimum atomic E-state index is -0.146. The average Bonchev–Trinajstić information content (AvgIpc) is 3.25. The molecule has 9 heteroatoms. The monoisotopic (exact) mass is 482 g/mol. The standard InChI is InChI=1S/C25H30N4O4S/c1-4-31-20-8-6-19(7-9-20)26-25(34)29(11-5-10-28(2)3)15-18-12-17-13-22-23(33-16-32-22)14-21(17)27-24(18)30/h6-9,12-14H,4-5,10-11,15-16H2,1-3H3,(H,26,34)(H,27,30). The molecular weight excluding hydrogens is 452 g/mol. The van der Waals surface area contributed by atoms with Gasteiger partial charge < -0.3 is 34.3 Å². The van der Waals surface area contributed by atoms with Crippen LogP contribution in [0.1, 0.15) is 18.9 Å².